The summed E-state index contributed by atoms with van der Waals surface area (Å²) in [5.74, 6) is 0. The average Bonchev–Trinajstić information content (AvgIpc) is 3.52. The molecule has 0 aliphatic heterocycles. The minimum atomic E-state index is -0.0467. The monoisotopic (exact) mass is 606 g/mol. The zero-order chi connectivity index (χ0) is 32.6. The van der Waals surface area contributed by atoms with E-state index in [1.807, 2.05) is 0 Å². The van der Waals surface area contributed by atoms with E-state index in [1.165, 1.54) is 100 Å². The highest BCUT2D eigenvalue weighted by molar-refractivity contribution is 5.91. The molecule has 0 saturated carbocycles. The highest BCUT2D eigenvalue weighted by atomic mass is 14.4. The van der Waals surface area contributed by atoms with Gasteiger partial charge < -0.3 is 0 Å². The van der Waals surface area contributed by atoms with Crippen LogP contribution in [0.1, 0.15) is 86.1 Å². The smallest absolute Gasteiger partial charge is 0.0159 e. The van der Waals surface area contributed by atoms with Crippen molar-refractivity contribution in [2.45, 2.75) is 71.6 Å². The normalized spacial score (nSPS) is 16.6. The van der Waals surface area contributed by atoms with Crippen LogP contribution in [0.25, 0.3) is 55.6 Å². The van der Waals surface area contributed by atoms with E-state index in [0.29, 0.717) is 0 Å². The predicted molar refractivity (Wildman–Crippen MR) is 199 cm³/mol. The Morgan fingerprint density at radius 1 is 0.298 bits per heavy atom. The summed E-state index contributed by atoms with van der Waals surface area (Å²) in [4.78, 5) is 0. The molecule has 3 aliphatic rings. The van der Waals surface area contributed by atoms with Gasteiger partial charge in [-0.15, -0.1) is 0 Å². The van der Waals surface area contributed by atoms with Crippen LogP contribution in [0, 0.1) is 13.8 Å². The van der Waals surface area contributed by atoms with Crippen LogP contribution >= 0.6 is 0 Å². The van der Waals surface area contributed by atoms with Crippen LogP contribution in [-0.4, -0.2) is 0 Å². The van der Waals surface area contributed by atoms with Gasteiger partial charge in [0.25, 0.3) is 0 Å². The van der Waals surface area contributed by atoms with Crippen molar-refractivity contribution in [1.29, 1.82) is 0 Å². The lowest BCUT2D eigenvalue weighted by molar-refractivity contribution is 0.660. The van der Waals surface area contributed by atoms with Gasteiger partial charge in [-0.3, -0.25) is 0 Å². The van der Waals surface area contributed by atoms with E-state index in [2.05, 4.69) is 165 Å². The molecule has 0 heteroatoms. The third-order valence-electron chi connectivity index (χ3n) is 12.2. The van der Waals surface area contributed by atoms with E-state index in [9.17, 15) is 0 Å². The van der Waals surface area contributed by atoms with Gasteiger partial charge in [-0.05, 0) is 138 Å². The molecule has 0 spiro atoms. The molecule has 0 saturated heterocycles. The van der Waals surface area contributed by atoms with Crippen molar-refractivity contribution < 1.29 is 0 Å². The first kappa shape index (κ1) is 28.5. The fourth-order valence-electron chi connectivity index (χ4n) is 9.44. The van der Waals surface area contributed by atoms with Crippen molar-refractivity contribution in [2.75, 3.05) is 0 Å². The summed E-state index contributed by atoms with van der Waals surface area (Å²) >= 11 is 0. The van der Waals surface area contributed by atoms with Gasteiger partial charge in [0.15, 0.2) is 0 Å². The Kier molecular flexibility index (Phi) is 5.60. The van der Waals surface area contributed by atoms with E-state index in [-0.39, 0.29) is 16.2 Å². The van der Waals surface area contributed by atoms with Crippen molar-refractivity contribution >= 4 is 0 Å². The summed E-state index contributed by atoms with van der Waals surface area (Å²) in [7, 11) is 0. The first-order chi connectivity index (χ1) is 22.4. The van der Waals surface area contributed by atoms with E-state index in [0.717, 1.165) is 0 Å². The minimum Gasteiger partial charge on any atom is -0.0619 e. The van der Waals surface area contributed by atoms with E-state index in [4.69, 9.17) is 0 Å². The number of rotatable bonds is 2. The lowest BCUT2D eigenvalue weighted by Crippen LogP contribution is -2.15. The molecule has 6 aromatic carbocycles. The summed E-state index contributed by atoms with van der Waals surface area (Å²) < 4.78 is 0. The molecule has 0 unspecified atom stereocenters. The quantitative estimate of drug-likeness (QED) is 0.184. The summed E-state index contributed by atoms with van der Waals surface area (Å²) in [6.07, 6.45) is 0. The van der Waals surface area contributed by atoms with Crippen molar-refractivity contribution in [3.05, 3.63) is 154 Å². The van der Waals surface area contributed by atoms with Crippen LogP contribution in [0.3, 0.4) is 0 Å². The van der Waals surface area contributed by atoms with Crippen molar-refractivity contribution in [3.8, 4) is 55.6 Å². The molecule has 3 aliphatic carbocycles. The zero-order valence-corrected chi connectivity index (χ0v) is 28.9. The Hall–Kier alpha value is -4.68. The summed E-state index contributed by atoms with van der Waals surface area (Å²) in [5, 5.41) is 0. The molecule has 0 N–H and O–H groups in total. The molecule has 0 aromatic heterocycles. The second-order valence-corrected chi connectivity index (χ2v) is 15.9. The first-order valence-electron chi connectivity index (χ1n) is 17.2. The van der Waals surface area contributed by atoms with Crippen LogP contribution in [-0.2, 0) is 16.2 Å². The van der Waals surface area contributed by atoms with Gasteiger partial charge in [0, 0.05) is 16.2 Å². The molecule has 0 radical (unpaired) electrons. The molecule has 47 heavy (non-hydrogen) atoms. The van der Waals surface area contributed by atoms with E-state index >= 15 is 0 Å². The molecule has 6 aromatic rings. The lowest BCUT2D eigenvalue weighted by Gasteiger charge is -2.23. The Morgan fingerprint density at radius 3 is 1.06 bits per heavy atom. The third-order valence-corrected chi connectivity index (χ3v) is 12.2. The minimum absolute atomic E-state index is 0.0156. The third kappa shape index (κ3) is 3.70. The molecule has 0 fully saturated rings. The summed E-state index contributed by atoms with van der Waals surface area (Å²) in [6.45, 7) is 18.8. The van der Waals surface area contributed by atoms with Gasteiger partial charge in [-0.1, -0.05) is 126 Å². The maximum Gasteiger partial charge on any atom is 0.0159 e. The highest BCUT2D eigenvalue weighted by Gasteiger charge is 2.39. The highest BCUT2D eigenvalue weighted by Crippen LogP contribution is 2.54. The van der Waals surface area contributed by atoms with Crippen molar-refractivity contribution in [2.24, 2.45) is 0 Å². The number of fused-ring (bicyclic) bond motifs is 9. The predicted octanol–water partition coefficient (Wildman–Crippen LogP) is 12.6. The maximum atomic E-state index is 2.48. The molecule has 0 heterocycles. The topological polar surface area (TPSA) is 0 Å². The van der Waals surface area contributed by atoms with Crippen molar-refractivity contribution in [1.82, 2.24) is 0 Å². The molecular weight excluding hydrogens is 565 g/mol. The zero-order valence-electron chi connectivity index (χ0n) is 28.9. The summed E-state index contributed by atoms with van der Waals surface area (Å²) in [6, 6.07) is 42.2. The fraction of sp³-hybridized carbons (Fsp3) is 0.234. The second-order valence-electron chi connectivity index (χ2n) is 15.9. The molecule has 0 amide bonds. The van der Waals surface area contributed by atoms with Gasteiger partial charge in [-0.25, -0.2) is 0 Å². The molecule has 9 rings (SSSR count). The SMILES string of the molecule is Cc1cc2c(cc1-c1ccc3c(c1)-c1cc(-c4cc5c(cc4C)-c4ccccc4C5(C)C)ccc1C3(C)C)C(C)(C)c1ccccc1-2. The van der Waals surface area contributed by atoms with Crippen molar-refractivity contribution in [3.63, 3.8) is 0 Å². The number of benzene rings is 6. The second kappa shape index (κ2) is 9.23. The van der Waals surface area contributed by atoms with E-state index in [1.54, 1.807) is 0 Å². The molecular formula is C47H42. The molecule has 0 bridgehead atoms. The Morgan fingerprint density at radius 2 is 0.638 bits per heavy atom. The number of hydrogen-bond acceptors (Lipinski definition) is 0. The van der Waals surface area contributed by atoms with Crippen LogP contribution < -0.4 is 0 Å². The average molecular weight is 607 g/mol. The Bertz CT molecular complexity index is 2170. The number of aryl methyl sites for hydroxylation is 2. The Labute approximate surface area is 280 Å². The lowest BCUT2D eigenvalue weighted by atomic mass is 9.80. The van der Waals surface area contributed by atoms with Crippen LogP contribution in [0.4, 0.5) is 0 Å². The van der Waals surface area contributed by atoms with Gasteiger partial charge >= 0.3 is 0 Å². The molecule has 0 nitrogen and oxygen atoms in total. The van der Waals surface area contributed by atoms with Crippen LogP contribution in [0.5, 0.6) is 0 Å². The van der Waals surface area contributed by atoms with Gasteiger partial charge in [0.2, 0.25) is 0 Å². The first-order valence-corrected chi connectivity index (χ1v) is 17.2. The summed E-state index contributed by atoms with van der Waals surface area (Å²) in [5.41, 5.74) is 24.7. The number of hydrogen-bond donors (Lipinski definition) is 0. The van der Waals surface area contributed by atoms with Crippen LogP contribution in [0.2, 0.25) is 0 Å². The standard InChI is InChI=1S/C47H42/c1-27-21-35-31-13-9-11-15-39(31)46(5,6)43(35)25-33(27)29-17-19-41-37(23-29)38-24-30(18-20-42(38)45(41,3)4)34-26-44-36(22-28(34)2)32-14-10-12-16-40(32)47(44,7)8/h9-26H,1-8H3. The molecule has 230 valence electrons. The largest absolute Gasteiger partial charge is 0.0619 e. The molecule has 0 atom stereocenters. The Balaban J connectivity index is 1.18. The van der Waals surface area contributed by atoms with Gasteiger partial charge in [0.05, 0.1) is 0 Å². The van der Waals surface area contributed by atoms with Gasteiger partial charge in [-0.2, -0.15) is 0 Å². The van der Waals surface area contributed by atoms with E-state index < -0.39 is 0 Å². The van der Waals surface area contributed by atoms with Gasteiger partial charge in [0.1, 0.15) is 0 Å². The maximum absolute atomic E-state index is 2.48. The fourth-order valence-corrected chi connectivity index (χ4v) is 9.44. The van der Waals surface area contributed by atoms with Crippen LogP contribution in [0.15, 0.2) is 109 Å².